The number of fused-ring (bicyclic) bond motifs is 1. The van der Waals surface area contributed by atoms with Crippen molar-refractivity contribution in [1.29, 1.82) is 0 Å². The van der Waals surface area contributed by atoms with E-state index in [1.165, 1.54) is 0 Å². The Balaban J connectivity index is 2.29. The molecule has 0 bridgehead atoms. The molecule has 0 amide bonds. The summed E-state index contributed by atoms with van der Waals surface area (Å²) in [6.45, 7) is 0. The second-order valence-electron chi connectivity index (χ2n) is 1.97. The van der Waals surface area contributed by atoms with Crippen LogP contribution in [0.1, 0.15) is 0 Å². The third-order valence-corrected chi connectivity index (χ3v) is 1.38. The number of allylic oxidation sites excluding steroid dienone is 2. The van der Waals surface area contributed by atoms with E-state index in [4.69, 9.17) is 0 Å². The lowest BCUT2D eigenvalue weighted by Crippen LogP contribution is -2.27. The molecule has 0 aliphatic carbocycles. The molecule has 2 aliphatic rings. The van der Waals surface area contributed by atoms with Crippen LogP contribution in [0.5, 0.6) is 0 Å². The highest BCUT2D eigenvalue weighted by molar-refractivity contribution is 5.63. The van der Waals surface area contributed by atoms with Crippen molar-refractivity contribution in [2.24, 2.45) is 4.99 Å². The molecule has 46 valence electrons. The summed E-state index contributed by atoms with van der Waals surface area (Å²) in [7, 11) is 0. The molecule has 3 nitrogen and oxygen atoms in total. The Labute approximate surface area is 53.2 Å². The summed E-state index contributed by atoms with van der Waals surface area (Å²) in [5, 5.41) is 6.09. The lowest BCUT2D eigenvalue weighted by atomic mass is 10.3. The molecular weight excluding hydrogens is 114 g/mol. The van der Waals surface area contributed by atoms with E-state index in [1.54, 1.807) is 6.34 Å². The summed E-state index contributed by atoms with van der Waals surface area (Å²) < 4.78 is 0. The number of rotatable bonds is 0. The SMILES string of the molecule is C1=CNC2N=CNC2=C1. The van der Waals surface area contributed by atoms with E-state index in [2.05, 4.69) is 15.6 Å². The minimum absolute atomic E-state index is 0.148. The van der Waals surface area contributed by atoms with Gasteiger partial charge >= 0.3 is 0 Å². The van der Waals surface area contributed by atoms with Crippen LogP contribution in [0, 0.1) is 0 Å². The van der Waals surface area contributed by atoms with Gasteiger partial charge in [-0.05, 0) is 18.4 Å². The largest absolute Gasteiger partial charge is 0.365 e. The van der Waals surface area contributed by atoms with Crippen LogP contribution in [0.3, 0.4) is 0 Å². The number of hydrogen-bond acceptors (Lipinski definition) is 3. The molecule has 0 aromatic carbocycles. The highest BCUT2D eigenvalue weighted by Crippen LogP contribution is 2.07. The number of nitrogens with one attached hydrogen (secondary N) is 2. The van der Waals surface area contributed by atoms with Crippen molar-refractivity contribution in [2.45, 2.75) is 6.17 Å². The zero-order valence-electron chi connectivity index (χ0n) is 4.83. The Hall–Kier alpha value is -1.25. The van der Waals surface area contributed by atoms with E-state index in [0.717, 1.165) is 5.70 Å². The summed E-state index contributed by atoms with van der Waals surface area (Å²) >= 11 is 0. The highest BCUT2D eigenvalue weighted by Gasteiger charge is 2.15. The van der Waals surface area contributed by atoms with Gasteiger partial charge in [0.05, 0.1) is 12.0 Å². The number of nitrogens with zero attached hydrogens (tertiary/aromatic N) is 1. The van der Waals surface area contributed by atoms with Crippen LogP contribution in [0.4, 0.5) is 0 Å². The molecule has 2 aliphatic heterocycles. The normalized spacial score (nSPS) is 28.4. The van der Waals surface area contributed by atoms with Crippen molar-refractivity contribution in [2.75, 3.05) is 0 Å². The maximum Gasteiger partial charge on any atom is 0.160 e. The first-order valence-electron chi connectivity index (χ1n) is 2.88. The standard InChI is InChI=1S/C6H7N3/c1-2-5-6(7-3-1)9-4-8-5/h1-4,6-7H,(H,8,9). The number of dihydropyridines is 1. The van der Waals surface area contributed by atoms with Gasteiger partial charge in [-0.15, -0.1) is 0 Å². The second kappa shape index (κ2) is 1.62. The summed E-state index contributed by atoms with van der Waals surface area (Å²) in [6, 6.07) is 0. The molecule has 9 heavy (non-hydrogen) atoms. The molecule has 0 saturated carbocycles. The minimum Gasteiger partial charge on any atom is -0.365 e. The summed E-state index contributed by atoms with van der Waals surface area (Å²) in [6.07, 6.45) is 7.70. The first-order chi connectivity index (χ1) is 4.47. The number of aliphatic imine (C=N–C) groups is 1. The van der Waals surface area contributed by atoms with Crippen molar-refractivity contribution in [3.8, 4) is 0 Å². The van der Waals surface area contributed by atoms with Gasteiger partial charge in [0.15, 0.2) is 6.17 Å². The quantitative estimate of drug-likeness (QED) is 0.471. The van der Waals surface area contributed by atoms with Gasteiger partial charge in [0.25, 0.3) is 0 Å². The van der Waals surface area contributed by atoms with Crippen molar-refractivity contribution in [1.82, 2.24) is 10.6 Å². The first-order valence-corrected chi connectivity index (χ1v) is 2.88. The van der Waals surface area contributed by atoms with Crippen molar-refractivity contribution >= 4 is 6.34 Å². The van der Waals surface area contributed by atoms with Gasteiger partial charge < -0.3 is 10.6 Å². The molecule has 3 heteroatoms. The summed E-state index contributed by atoms with van der Waals surface area (Å²) in [5.74, 6) is 0. The van der Waals surface area contributed by atoms with Gasteiger partial charge in [-0.25, -0.2) is 4.99 Å². The minimum atomic E-state index is 0.148. The van der Waals surface area contributed by atoms with Gasteiger partial charge in [0, 0.05) is 0 Å². The Kier molecular flexibility index (Phi) is 0.828. The van der Waals surface area contributed by atoms with Crippen LogP contribution in [0.25, 0.3) is 0 Å². The average Bonchev–Trinajstić information content (AvgIpc) is 2.33. The van der Waals surface area contributed by atoms with Crippen LogP contribution < -0.4 is 10.6 Å². The fraction of sp³-hybridized carbons (Fsp3) is 0.167. The molecule has 0 aromatic heterocycles. The lowest BCUT2D eigenvalue weighted by Gasteiger charge is -2.11. The number of hydrogen-bond donors (Lipinski definition) is 2. The maximum atomic E-state index is 4.09. The highest BCUT2D eigenvalue weighted by atomic mass is 15.2. The Morgan fingerprint density at radius 3 is 3.44 bits per heavy atom. The molecule has 0 spiro atoms. The van der Waals surface area contributed by atoms with Gasteiger partial charge in [-0.2, -0.15) is 0 Å². The lowest BCUT2D eigenvalue weighted by molar-refractivity contribution is 0.697. The van der Waals surface area contributed by atoms with Gasteiger partial charge in [-0.1, -0.05) is 0 Å². The van der Waals surface area contributed by atoms with E-state index in [1.807, 2.05) is 18.4 Å². The van der Waals surface area contributed by atoms with E-state index < -0.39 is 0 Å². The maximum absolute atomic E-state index is 4.09. The molecule has 0 fully saturated rings. The predicted octanol–water partition coefficient (Wildman–Crippen LogP) is -0.0552. The van der Waals surface area contributed by atoms with Crippen LogP contribution in [0.2, 0.25) is 0 Å². The van der Waals surface area contributed by atoms with E-state index in [-0.39, 0.29) is 6.17 Å². The van der Waals surface area contributed by atoms with Gasteiger partial charge in [-0.3, -0.25) is 0 Å². The van der Waals surface area contributed by atoms with Gasteiger partial charge in [0.1, 0.15) is 0 Å². The van der Waals surface area contributed by atoms with Crippen molar-refractivity contribution < 1.29 is 0 Å². The molecule has 0 aromatic rings. The predicted molar refractivity (Wildman–Crippen MR) is 35.8 cm³/mol. The van der Waals surface area contributed by atoms with Crippen molar-refractivity contribution in [3.05, 3.63) is 24.0 Å². The van der Waals surface area contributed by atoms with E-state index >= 15 is 0 Å². The van der Waals surface area contributed by atoms with Crippen molar-refractivity contribution in [3.63, 3.8) is 0 Å². The topological polar surface area (TPSA) is 36.4 Å². The molecule has 2 N–H and O–H groups in total. The Morgan fingerprint density at radius 2 is 2.56 bits per heavy atom. The smallest absolute Gasteiger partial charge is 0.160 e. The Bertz CT molecular complexity index is 202. The fourth-order valence-corrected chi connectivity index (χ4v) is 0.916. The molecule has 2 heterocycles. The zero-order valence-corrected chi connectivity index (χ0v) is 4.83. The first kappa shape index (κ1) is 4.61. The van der Waals surface area contributed by atoms with Crippen LogP contribution in [0.15, 0.2) is 29.0 Å². The molecule has 0 radical (unpaired) electrons. The summed E-state index contributed by atoms with van der Waals surface area (Å²) in [4.78, 5) is 4.09. The van der Waals surface area contributed by atoms with Crippen LogP contribution in [-0.2, 0) is 0 Å². The van der Waals surface area contributed by atoms with E-state index in [9.17, 15) is 0 Å². The summed E-state index contributed by atoms with van der Waals surface area (Å²) in [5.41, 5.74) is 1.12. The molecule has 1 atom stereocenters. The fourth-order valence-electron chi connectivity index (χ4n) is 0.916. The zero-order chi connectivity index (χ0) is 6.10. The van der Waals surface area contributed by atoms with Crippen LogP contribution >= 0.6 is 0 Å². The molecular formula is C6H7N3. The monoisotopic (exact) mass is 121 g/mol. The molecule has 2 rings (SSSR count). The van der Waals surface area contributed by atoms with E-state index in [0.29, 0.717) is 0 Å². The third kappa shape index (κ3) is 0.614. The third-order valence-electron chi connectivity index (χ3n) is 1.38. The molecule has 0 saturated heterocycles. The van der Waals surface area contributed by atoms with Gasteiger partial charge in [0.2, 0.25) is 0 Å². The molecule has 1 unspecified atom stereocenters. The second-order valence-corrected chi connectivity index (χ2v) is 1.97. The van der Waals surface area contributed by atoms with Crippen LogP contribution in [-0.4, -0.2) is 12.5 Å². The Morgan fingerprint density at radius 1 is 1.56 bits per heavy atom. The average molecular weight is 121 g/mol.